The fourth-order valence-corrected chi connectivity index (χ4v) is 1.62. The highest BCUT2D eigenvalue weighted by Crippen LogP contribution is 2.23. The van der Waals surface area contributed by atoms with E-state index in [4.69, 9.17) is 11.6 Å². The van der Waals surface area contributed by atoms with Gasteiger partial charge in [0.05, 0.1) is 0 Å². The molecule has 0 bridgehead atoms. The monoisotopic (exact) mass is 222 g/mol. The van der Waals surface area contributed by atoms with Crippen LogP contribution in [0.3, 0.4) is 0 Å². The molecule has 0 aliphatic carbocycles. The lowest BCUT2D eigenvalue weighted by Gasteiger charge is -2.06. The van der Waals surface area contributed by atoms with E-state index in [1.807, 2.05) is 31.7 Å². The van der Waals surface area contributed by atoms with Crippen LogP contribution in [0.2, 0.25) is 5.15 Å². The standard InChI is InChI=1S/C10H11ClN4/c1-6-8(10-12-4-5-15(10)3)13-7(2)14-9(6)11/h4-5H,1-3H3. The van der Waals surface area contributed by atoms with E-state index in [9.17, 15) is 0 Å². The Kier molecular flexibility index (Phi) is 2.44. The van der Waals surface area contributed by atoms with Crippen LogP contribution in [0.1, 0.15) is 11.4 Å². The number of aryl methyl sites for hydroxylation is 2. The average Bonchev–Trinajstić information content (AvgIpc) is 2.58. The summed E-state index contributed by atoms with van der Waals surface area (Å²) < 4.78 is 1.91. The zero-order valence-electron chi connectivity index (χ0n) is 8.82. The summed E-state index contributed by atoms with van der Waals surface area (Å²) >= 11 is 6.00. The largest absolute Gasteiger partial charge is 0.333 e. The zero-order valence-corrected chi connectivity index (χ0v) is 9.58. The first-order valence-electron chi connectivity index (χ1n) is 4.58. The molecule has 0 atom stereocenters. The van der Waals surface area contributed by atoms with E-state index in [1.54, 1.807) is 6.20 Å². The molecule has 2 aromatic rings. The maximum Gasteiger partial charge on any atom is 0.158 e. The van der Waals surface area contributed by atoms with Crippen molar-refractivity contribution in [2.24, 2.45) is 7.05 Å². The van der Waals surface area contributed by atoms with Crippen molar-refractivity contribution in [2.45, 2.75) is 13.8 Å². The highest BCUT2D eigenvalue weighted by Gasteiger charge is 2.12. The van der Waals surface area contributed by atoms with Gasteiger partial charge < -0.3 is 4.57 Å². The van der Waals surface area contributed by atoms with Gasteiger partial charge in [-0.15, -0.1) is 0 Å². The van der Waals surface area contributed by atoms with Crippen molar-refractivity contribution in [3.63, 3.8) is 0 Å². The lowest BCUT2D eigenvalue weighted by atomic mass is 10.2. The predicted molar refractivity (Wildman–Crippen MR) is 58.7 cm³/mol. The highest BCUT2D eigenvalue weighted by molar-refractivity contribution is 6.30. The normalized spacial score (nSPS) is 10.7. The molecule has 0 unspecified atom stereocenters. The number of nitrogens with zero attached hydrogens (tertiary/aromatic N) is 4. The van der Waals surface area contributed by atoms with E-state index in [1.165, 1.54) is 0 Å². The third-order valence-electron chi connectivity index (χ3n) is 2.23. The van der Waals surface area contributed by atoms with Crippen molar-refractivity contribution in [2.75, 3.05) is 0 Å². The Hall–Kier alpha value is -1.42. The van der Waals surface area contributed by atoms with E-state index >= 15 is 0 Å². The topological polar surface area (TPSA) is 43.6 Å². The van der Waals surface area contributed by atoms with Crippen molar-refractivity contribution in [3.8, 4) is 11.5 Å². The van der Waals surface area contributed by atoms with Gasteiger partial charge in [-0.05, 0) is 13.8 Å². The summed E-state index contributed by atoms with van der Waals surface area (Å²) in [5.74, 6) is 1.46. The van der Waals surface area contributed by atoms with Crippen LogP contribution in [-0.2, 0) is 7.05 Å². The van der Waals surface area contributed by atoms with Crippen LogP contribution in [0.25, 0.3) is 11.5 Å². The summed E-state index contributed by atoms with van der Waals surface area (Å²) in [6.07, 6.45) is 3.61. The quantitative estimate of drug-likeness (QED) is 0.695. The molecule has 2 rings (SSSR count). The molecule has 0 fully saturated rings. The molecule has 2 aromatic heterocycles. The second-order valence-corrected chi connectivity index (χ2v) is 3.76. The molecular weight excluding hydrogens is 212 g/mol. The summed E-state index contributed by atoms with van der Waals surface area (Å²) in [4.78, 5) is 12.7. The average molecular weight is 223 g/mol. The fourth-order valence-electron chi connectivity index (χ4n) is 1.41. The Bertz CT molecular complexity index is 504. The summed E-state index contributed by atoms with van der Waals surface area (Å²) in [6, 6.07) is 0. The molecule has 15 heavy (non-hydrogen) atoms. The zero-order chi connectivity index (χ0) is 11.0. The fraction of sp³-hybridized carbons (Fsp3) is 0.300. The molecule has 0 N–H and O–H groups in total. The van der Waals surface area contributed by atoms with Crippen LogP contribution in [0, 0.1) is 13.8 Å². The number of imidazole rings is 1. The van der Waals surface area contributed by atoms with Crippen LogP contribution >= 0.6 is 11.6 Å². The molecule has 78 valence electrons. The highest BCUT2D eigenvalue weighted by atomic mass is 35.5. The van der Waals surface area contributed by atoms with Crippen LogP contribution in [0.4, 0.5) is 0 Å². The lowest BCUT2D eigenvalue weighted by Crippen LogP contribution is -2.00. The molecule has 4 nitrogen and oxygen atoms in total. The number of hydrogen-bond acceptors (Lipinski definition) is 3. The van der Waals surface area contributed by atoms with E-state index in [0.717, 1.165) is 17.1 Å². The third kappa shape index (κ3) is 1.72. The first kappa shape index (κ1) is 10.1. The number of halogens is 1. The maximum absolute atomic E-state index is 6.00. The minimum absolute atomic E-state index is 0.487. The molecule has 0 aliphatic rings. The van der Waals surface area contributed by atoms with Crippen LogP contribution in [-0.4, -0.2) is 19.5 Å². The van der Waals surface area contributed by atoms with E-state index in [-0.39, 0.29) is 0 Å². The van der Waals surface area contributed by atoms with Gasteiger partial charge in [0.2, 0.25) is 0 Å². The maximum atomic E-state index is 6.00. The van der Waals surface area contributed by atoms with E-state index in [0.29, 0.717) is 11.0 Å². The van der Waals surface area contributed by atoms with Gasteiger partial charge >= 0.3 is 0 Å². The number of hydrogen-bond donors (Lipinski definition) is 0. The second-order valence-electron chi connectivity index (χ2n) is 3.40. The second kappa shape index (κ2) is 3.62. The first-order valence-corrected chi connectivity index (χ1v) is 4.96. The number of aromatic nitrogens is 4. The first-order chi connectivity index (χ1) is 7.09. The van der Waals surface area contributed by atoms with Gasteiger partial charge in [0.15, 0.2) is 5.82 Å². The number of rotatable bonds is 1. The Balaban J connectivity index is 2.68. The Labute approximate surface area is 93.0 Å². The smallest absolute Gasteiger partial charge is 0.158 e. The van der Waals surface area contributed by atoms with Crippen molar-refractivity contribution in [3.05, 3.63) is 28.9 Å². The Morgan fingerprint density at radius 2 is 2.00 bits per heavy atom. The van der Waals surface area contributed by atoms with Crippen molar-refractivity contribution in [1.29, 1.82) is 0 Å². The summed E-state index contributed by atoms with van der Waals surface area (Å²) in [6.45, 7) is 3.71. The summed E-state index contributed by atoms with van der Waals surface area (Å²) in [7, 11) is 1.92. The summed E-state index contributed by atoms with van der Waals surface area (Å²) in [5, 5.41) is 0.487. The van der Waals surface area contributed by atoms with E-state index < -0.39 is 0 Å². The minimum atomic E-state index is 0.487. The van der Waals surface area contributed by atoms with Crippen molar-refractivity contribution in [1.82, 2.24) is 19.5 Å². The summed E-state index contributed by atoms with van der Waals surface area (Å²) in [5.41, 5.74) is 1.65. The van der Waals surface area contributed by atoms with Gasteiger partial charge in [-0.2, -0.15) is 0 Å². The van der Waals surface area contributed by atoms with Gasteiger partial charge in [0.1, 0.15) is 16.7 Å². The van der Waals surface area contributed by atoms with Gasteiger partial charge in [0, 0.05) is 25.0 Å². The molecule has 5 heteroatoms. The van der Waals surface area contributed by atoms with Crippen molar-refractivity contribution >= 4 is 11.6 Å². The molecule has 0 amide bonds. The van der Waals surface area contributed by atoms with Gasteiger partial charge in [-0.25, -0.2) is 15.0 Å². The SMILES string of the molecule is Cc1nc(Cl)c(C)c(-c2nccn2C)n1. The predicted octanol–water partition coefficient (Wildman–Crippen LogP) is 2.15. The minimum Gasteiger partial charge on any atom is -0.333 e. The lowest BCUT2D eigenvalue weighted by molar-refractivity contribution is 0.905. The molecule has 0 aromatic carbocycles. The molecule has 0 saturated heterocycles. The van der Waals surface area contributed by atoms with Gasteiger partial charge in [0.25, 0.3) is 0 Å². The molecule has 0 spiro atoms. The molecule has 2 heterocycles. The molecule has 0 radical (unpaired) electrons. The Morgan fingerprint density at radius 3 is 2.60 bits per heavy atom. The van der Waals surface area contributed by atoms with E-state index in [2.05, 4.69) is 15.0 Å². The molecule has 0 saturated carbocycles. The molecular formula is C10H11ClN4. The van der Waals surface area contributed by atoms with Crippen LogP contribution in [0.15, 0.2) is 12.4 Å². The third-order valence-corrected chi connectivity index (χ3v) is 2.60. The molecule has 0 aliphatic heterocycles. The van der Waals surface area contributed by atoms with Crippen LogP contribution < -0.4 is 0 Å². The van der Waals surface area contributed by atoms with Crippen LogP contribution in [0.5, 0.6) is 0 Å². The van der Waals surface area contributed by atoms with Gasteiger partial charge in [-0.3, -0.25) is 0 Å². The van der Waals surface area contributed by atoms with Crippen molar-refractivity contribution < 1.29 is 0 Å². The van der Waals surface area contributed by atoms with Gasteiger partial charge in [-0.1, -0.05) is 11.6 Å². The Morgan fingerprint density at radius 1 is 1.27 bits per heavy atom.